The number of halogens is 5. The highest BCUT2D eigenvalue weighted by molar-refractivity contribution is 9.12. The molecule has 0 saturated carbocycles. The van der Waals surface area contributed by atoms with Gasteiger partial charge in [-0.15, -0.1) is 0 Å². The average molecular weight is 438 g/mol. The molecule has 134 valence electrons. The normalized spacial score (nSPS) is 17.2. The van der Waals surface area contributed by atoms with Crippen molar-refractivity contribution in [2.24, 2.45) is 0 Å². The van der Waals surface area contributed by atoms with Crippen LogP contribution < -0.4 is 5.32 Å². The molecule has 9 heteroatoms. The van der Waals surface area contributed by atoms with Gasteiger partial charge in [0.2, 0.25) is 11.8 Å². The van der Waals surface area contributed by atoms with E-state index in [9.17, 15) is 22.8 Å². The molecule has 0 aliphatic carbocycles. The Morgan fingerprint density at radius 1 is 1.44 bits per heavy atom. The van der Waals surface area contributed by atoms with Gasteiger partial charge in [-0.3, -0.25) is 9.59 Å². The standard InChI is InChI=1S/C16H13BrClF3N2O2/c17-7-2-8-23-12(5-6-13(23)24)15(25)22-9-10-3-1-4-11(14(10)18)16(19,20)21/h1,3-4,12H,5-6,8-9H2,(H,22,25). The van der Waals surface area contributed by atoms with E-state index in [1.54, 1.807) is 0 Å². The summed E-state index contributed by atoms with van der Waals surface area (Å²) in [5.41, 5.74) is -0.799. The van der Waals surface area contributed by atoms with Crippen LogP contribution in [0.4, 0.5) is 13.2 Å². The number of hydrogen-bond donors (Lipinski definition) is 1. The zero-order valence-corrected chi connectivity index (χ0v) is 15.1. The van der Waals surface area contributed by atoms with E-state index >= 15 is 0 Å². The average Bonchev–Trinajstić information content (AvgIpc) is 2.91. The minimum Gasteiger partial charge on any atom is -0.350 e. The van der Waals surface area contributed by atoms with E-state index < -0.39 is 28.7 Å². The Kier molecular flexibility index (Phi) is 6.36. The number of rotatable bonds is 4. The fourth-order valence-electron chi connectivity index (χ4n) is 2.55. The summed E-state index contributed by atoms with van der Waals surface area (Å²) in [5, 5.41) is 2.10. The van der Waals surface area contributed by atoms with Gasteiger partial charge < -0.3 is 10.2 Å². The van der Waals surface area contributed by atoms with Crippen LogP contribution in [-0.4, -0.2) is 29.3 Å². The number of nitrogens with zero attached hydrogens (tertiary/aromatic N) is 1. The molecular weight excluding hydrogens is 425 g/mol. The number of carbonyl (C=O) groups excluding carboxylic acids is 2. The molecule has 0 radical (unpaired) electrons. The van der Waals surface area contributed by atoms with Gasteiger partial charge in [-0.1, -0.05) is 29.7 Å². The van der Waals surface area contributed by atoms with E-state index in [4.69, 9.17) is 11.6 Å². The largest absolute Gasteiger partial charge is 0.417 e. The molecule has 2 rings (SSSR count). The highest BCUT2D eigenvalue weighted by atomic mass is 79.9. The zero-order valence-electron chi connectivity index (χ0n) is 12.8. The molecule has 4 nitrogen and oxygen atoms in total. The predicted molar refractivity (Wildman–Crippen MR) is 89.7 cm³/mol. The summed E-state index contributed by atoms with van der Waals surface area (Å²) in [5.74, 6) is 2.02. The van der Waals surface area contributed by atoms with E-state index in [2.05, 4.69) is 32.0 Å². The molecule has 1 N–H and O–H groups in total. The summed E-state index contributed by atoms with van der Waals surface area (Å²) >= 11 is 8.72. The smallest absolute Gasteiger partial charge is 0.350 e. The Labute approximate surface area is 155 Å². The monoisotopic (exact) mass is 436 g/mol. The van der Waals surface area contributed by atoms with Gasteiger partial charge >= 0.3 is 6.18 Å². The van der Waals surface area contributed by atoms with Crippen LogP contribution in [0.25, 0.3) is 0 Å². The third kappa shape index (κ3) is 4.67. The number of hydrogen-bond acceptors (Lipinski definition) is 2. The lowest BCUT2D eigenvalue weighted by molar-refractivity contribution is -0.137. The van der Waals surface area contributed by atoms with Crippen molar-refractivity contribution in [1.29, 1.82) is 0 Å². The van der Waals surface area contributed by atoms with Crippen LogP contribution in [-0.2, 0) is 22.3 Å². The van der Waals surface area contributed by atoms with Crippen LogP contribution in [0.15, 0.2) is 18.2 Å². The van der Waals surface area contributed by atoms with Crippen molar-refractivity contribution in [2.75, 3.05) is 6.54 Å². The summed E-state index contributed by atoms with van der Waals surface area (Å²) < 4.78 is 38.6. The van der Waals surface area contributed by atoms with Gasteiger partial charge in [0.05, 0.1) is 17.1 Å². The molecule has 1 fully saturated rings. The fraction of sp³-hybridized carbons (Fsp3) is 0.375. The third-order valence-electron chi connectivity index (χ3n) is 3.78. The first-order valence-corrected chi connectivity index (χ1v) is 8.43. The number of likely N-dealkylation sites (tertiary alicyclic amines) is 1. The van der Waals surface area contributed by atoms with Crippen molar-refractivity contribution < 1.29 is 22.8 Å². The minimum absolute atomic E-state index is 0.104. The van der Waals surface area contributed by atoms with E-state index in [0.29, 0.717) is 6.42 Å². The number of alkyl halides is 3. The Morgan fingerprint density at radius 3 is 2.80 bits per heavy atom. The van der Waals surface area contributed by atoms with E-state index in [1.165, 1.54) is 17.0 Å². The van der Waals surface area contributed by atoms with Gasteiger partial charge in [0.1, 0.15) is 6.04 Å². The first-order valence-electron chi connectivity index (χ1n) is 7.26. The maximum atomic E-state index is 12.9. The summed E-state index contributed by atoms with van der Waals surface area (Å²) in [6, 6.07) is 2.83. The molecule has 0 aromatic heterocycles. The predicted octanol–water partition coefficient (Wildman–Crippen LogP) is 3.32. The van der Waals surface area contributed by atoms with Crippen LogP contribution in [0.3, 0.4) is 0 Å². The first-order chi connectivity index (χ1) is 11.8. The summed E-state index contributed by atoms with van der Waals surface area (Å²) in [6.45, 7) is -0.0588. The van der Waals surface area contributed by atoms with Gasteiger partial charge in [0, 0.05) is 28.9 Å². The molecule has 0 bridgehead atoms. The van der Waals surface area contributed by atoms with Gasteiger partial charge in [0.25, 0.3) is 0 Å². The maximum absolute atomic E-state index is 12.9. The number of carbonyl (C=O) groups is 2. The lowest BCUT2D eigenvalue weighted by Gasteiger charge is -2.22. The van der Waals surface area contributed by atoms with Crippen LogP contribution >= 0.6 is 27.5 Å². The third-order valence-corrected chi connectivity index (χ3v) is 4.51. The molecule has 1 heterocycles. The van der Waals surface area contributed by atoms with Crippen LogP contribution in [0.1, 0.15) is 24.0 Å². The molecule has 1 saturated heterocycles. The second-order valence-electron chi connectivity index (χ2n) is 5.34. The van der Waals surface area contributed by atoms with Crippen molar-refractivity contribution in [2.45, 2.75) is 31.6 Å². The number of benzene rings is 1. The maximum Gasteiger partial charge on any atom is 0.417 e. The van der Waals surface area contributed by atoms with Crippen molar-refractivity contribution in [3.63, 3.8) is 0 Å². The Hall–Kier alpha value is -1.72. The van der Waals surface area contributed by atoms with Crippen LogP contribution in [0.5, 0.6) is 0 Å². The van der Waals surface area contributed by atoms with Gasteiger partial charge in [0.15, 0.2) is 0 Å². The fourth-order valence-corrected chi connectivity index (χ4v) is 2.98. The van der Waals surface area contributed by atoms with E-state index in [1.807, 2.05) is 0 Å². The lowest BCUT2D eigenvalue weighted by Crippen LogP contribution is -2.44. The molecule has 1 atom stereocenters. The molecular formula is C16H13BrClF3N2O2. The van der Waals surface area contributed by atoms with Crippen molar-refractivity contribution >= 4 is 39.3 Å². The Bertz CT molecular complexity index is 743. The second kappa shape index (κ2) is 8.11. The molecule has 1 aliphatic rings. The van der Waals surface area contributed by atoms with Gasteiger partial charge in [-0.2, -0.15) is 13.2 Å². The Balaban J connectivity index is 2.07. The quantitative estimate of drug-likeness (QED) is 0.735. The second-order valence-corrected chi connectivity index (χ2v) is 6.12. The SMILES string of the molecule is O=C(NCc1cccc(C(F)(F)F)c1Cl)C1CCC(=O)N1CC#CBr. The molecule has 25 heavy (non-hydrogen) atoms. The number of nitrogens with one attached hydrogen (secondary N) is 1. The Morgan fingerprint density at radius 2 is 2.16 bits per heavy atom. The van der Waals surface area contributed by atoms with Crippen molar-refractivity contribution in [3.05, 3.63) is 34.3 Å². The molecule has 1 unspecified atom stereocenters. The van der Waals surface area contributed by atoms with Gasteiger partial charge in [-0.05, 0) is 22.9 Å². The molecule has 0 spiro atoms. The summed E-state index contributed by atoms with van der Waals surface area (Å²) in [6.07, 6.45) is -4.00. The highest BCUT2D eigenvalue weighted by Gasteiger charge is 2.36. The topological polar surface area (TPSA) is 49.4 Å². The van der Waals surface area contributed by atoms with Crippen molar-refractivity contribution in [1.82, 2.24) is 10.2 Å². The van der Waals surface area contributed by atoms with Crippen LogP contribution in [0, 0.1) is 10.8 Å². The van der Waals surface area contributed by atoms with Crippen molar-refractivity contribution in [3.8, 4) is 10.8 Å². The highest BCUT2D eigenvalue weighted by Crippen LogP contribution is 2.36. The number of amides is 2. The van der Waals surface area contributed by atoms with E-state index in [0.717, 1.165) is 6.07 Å². The molecule has 2 amide bonds. The molecule has 1 aromatic rings. The zero-order chi connectivity index (χ0) is 18.6. The lowest BCUT2D eigenvalue weighted by atomic mass is 10.1. The van der Waals surface area contributed by atoms with E-state index in [-0.39, 0.29) is 31.0 Å². The first kappa shape index (κ1) is 19.6. The van der Waals surface area contributed by atoms with Crippen LogP contribution in [0.2, 0.25) is 5.02 Å². The molecule has 1 aliphatic heterocycles. The summed E-state index contributed by atoms with van der Waals surface area (Å²) in [7, 11) is 0. The minimum atomic E-state index is -4.57. The van der Waals surface area contributed by atoms with Gasteiger partial charge in [-0.25, -0.2) is 0 Å². The summed E-state index contributed by atoms with van der Waals surface area (Å²) in [4.78, 5) is 27.9. The molecule has 1 aromatic carbocycles.